The summed E-state index contributed by atoms with van der Waals surface area (Å²) in [7, 11) is -6.96. The Morgan fingerprint density at radius 3 is 2.61 bits per heavy atom. The van der Waals surface area contributed by atoms with Crippen LogP contribution in [0.4, 0.5) is 0 Å². The highest BCUT2D eigenvalue weighted by Crippen LogP contribution is 2.38. The lowest BCUT2D eigenvalue weighted by molar-refractivity contribution is -0.0312. The SMILES string of the molecule is O=S(=O)(c1cccc(OCC(O)CN[C@H]2COC3(CCN(S(=O)(=O)c4cnc5ccccc5c4)CC3)C2)c1)C1CC1. The number of sulfone groups is 1. The highest BCUT2D eigenvalue weighted by atomic mass is 32.2. The van der Waals surface area contributed by atoms with Crippen LogP contribution < -0.4 is 10.1 Å². The van der Waals surface area contributed by atoms with E-state index in [9.17, 15) is 21.9 Å². The van der Waals surface area contributed by atoms with E-state index in [-0.39, 0.29) is 33.3 Å². The Hall–Kier alpha value is -2.61. The van der Waals surface area contributed by atoms with Gasteiger partial charge in [-0.05, 0) is 62.4 Å². The number of nitrogens with zero attached hydrogens (tertiary/aromatic N) is 2. The number of benzene rings is 2. The molecule has 2 N–H and O–H groups in total. The number of fused-ring (bicyclic) bond motifs is 1. The van der Waals surface area contributed by atoms with Crippen molar-refractivity contribution in [3.8, 4) is 5.75 Å². The molecule has 2 atom stereocenters. The molecular formula is C29H35N3O7S2. The van der Waals surface area contributed by atoms with Crippen molar-refractivity contribution in [2.75, 3.05) is 32.8 Å². The van der Waals surface area contributed by atoms with E-state index in [0.29, 0.717) is 57.7 Å². The second-order valence-electron chi connectivity index (χ2n) is 11.3. The van der Waals surface area contributed by atoms with Crippen LogP contribution >= 0.6 is 0 Å². The van der Waals surface area contributed by atoms with Gasteiger partial charge in [-0.2, -0.15) is 4.31 Å². The van der Waals surface area contributed by atoms with Crippen molar-refractivity contribution >= 4 is 30.8 Å². The first kappa shape index (κ1) is 28.5. The Bertz CT molecular complexity index is 1620. The molecule has 2 aliphatic heterocycles. The number of aliphatic hydroxyl groups is 1. The Morgan fingerprint density at radius 1 is 1.05 bits per heavy atom. The van der Waals surface area contributed by atoms with Crippen LogP contribution in [0.15, 0.2) is 70.6 Å². The number of aromatic nitrogens is 1. The van der Waals surface area contributed by atoms with E-state index < -0.39 is 26.0 Å². The third kappa shape index (κ3) is 6.13. The summed E-state index contributed by atoms with van der Waals surface area (Å²) in [6, 6.07) is 15.6. The Balaban J connectivity index is 0.970. The van der Waals surface area contributed by atoms with Gasteiger partial charge in [0.15, 0.2) is 9.84 Å². The minimum absolute atomic E-state index is 0.0229. The van der Waals surface area contributed by atoms with E-state index in [1.807, 2.05) is 24.3 Å². The van der Waals surface area contributed by atoms with Gasteiger partial charge in [0.1, 0.15) is 23.4 Å². The molecule has 3 fully saturated rings. The van der Waals surface area contributed by atoms with E-state index in [0.717, 1.165) is 17.3 Å². The first-order valence-corrected chi connectivity index (χ1v) is 17.0. The summed E-state index contributed by atoms with van der Waals surface area (Å²) in [6.07, 6.45) is 3.95. The quantitative estimate of drug-likeness (QED) is 0.359. The molecule has 41 heavy (non-hydrogen) atoms. The van der Waals surface area contributed by atoms with E-state index in [1.165, 1.54) is 16.6 Å². The molecule has 3 aliphatic rings. The Labute approximate surface area is 240 Å². The van der Waals surface area contributed by atoms with Gasteiger partial charge >= 0.3 is 0 Å². The number of nitrogens with one attached hydrogen (secondary N) is 1. The van der Waals surface area contributed by atoms with Crippen LogP contribution in [0.2, 0.25) is 0 Å². The molecule has 10 nitrogen and oxygen atoms in total. The summed E-state index contributed by atoms with van der Waals surface area (Å²) >= 11 is 0. The summed E-state index contributed by atoms with van der Waals surface area (Å²) in [5.41, 5.74) is 0.368. The second kappa shape index (κ2) is 11.2. The van der Waals surface area contributed by atoms with E-state index in [1.54, 1.807) is 24.3 Å². The Morgan fingerprint density at radius 2 is 1.83 bits per heavy atom. The molecule has 1 spiro atoms. The molecule has 6 rings (SSSR count). The van der Waals surface area contributed by atoms with Crippen LogP contribution in [0.5, 0.6) is 5.75 Å². The number of sulfonamides is 1. The normalized spacial score (nSPS) is 22.2. The van der Waals surface area contributed by atoms with Gasteiger partial charge in [-0.15, -0.1) is 0 Å². The predicted molar refractivity (Wildman–Crippen MR) is 153 cm³/mol. The van der Waals surface area contributed by atoms with Gasteiger partial charge in [-0.3, -0.25) is 4.98 Å². The molecule has 0 amide bonds. The number of pyridine rings is 1. The largest absolute Gasteiger partial charge is 0.491 e. The summed E-state index contributed by atoms with van der Waals surface area (Å²) in [5, 5.41) is 14.3. The third-order valence-electron chi connectivity index (χ3n) is 8.23. The number of piperidine rings is 1. The molecule has 1 aliphatic carbocycles. The van der Waals surface area contributed by atoms with Crippen LogP contribution in [0, 0.1) is 0 Å². The highest BCUT2D eigenvalue weighted by Gasteiger charge is 2.45. The van der Waals surface area contributed by atoms with Gasteiger partial charge in [-0.1, -0.05) is 24.3 Å². The number of aliphatic hydroxyl groups excluding tert-OH is 1. The minimum Gasteiger partial charge on any atom is -0.491 e. The fourth-order valence-electron chi connectivity index (χ4n) is 5.66. The van der Waals surface area contributed by atoms with Gasteiger partial charge in [-0.25, -0.2) is 16.8 Å². The number of ether oxygens (including phenoxy) is 2. The molecule has 2 aromatic carbocycles. The lowest BCUT2D eigenvalue weighted by atomic mass is 9.88. The van der Waals surface area contributed by atoms with Crippen LogP contribution in [0.25, 0.3) is 10.9 Å². The molecule has 3 aromatic rings. The van der Waals surface area contributed by atoms with Crippen molar-refractivity contribution in [2.24, 2.45) is 0 Å². The molecule has 2 saturated heterocycles. The fourth-order valence-corrected chi connectivity index (χ4v) is 8.78. The monoisotopic (exact) mass is 601 g/mol. The fraction of sp³-hybridized carbons (Fsp3) is 0.483. The third-order valence-corrected chi connectivity index (χ3v) is 12.4. The maximum Gasteiger partial charge on any atom is 0.244 e. The zero-order valence-electron chi connectivity index (χ0n) is 22.7. The first-order chi connectivity index (χ1) is 19.6. The minimum atomic E-state index is -3.66. The first-order valence-electron chi connectivity index (χ1n) is 14.0. The zero-order valence-corrected chi connectivity index (χ0v) is 24.3. The maximum atomic E-state index is 13.3. The molecule has 220 valence electrons. The maximum absolute atomic E-state index is 13.3. The number of hydrogen-bond acceptors (Lipinski definition) is 9. The molecule has 1 unspecified atom stereocenters. The number of rotatable bonds is 10. The standard InChI is InChI=1S/C29H35N3O7S2/c33-23(20-38-24-5-3-6-26(15-24)40(34,35)25-8-9-25)17-30-22-16-29(39-19-22)10-12-32(13-11-29)41(36,37)27-14-21-4-1-2-7-28(21)31-18-27/h1-7,14-15,18,22-23,25,30,33H,8-13,16-17,19-20H2/t22-,23?/m1/s1. The molecule has 12 heteroatoms. The molecule has 0 radical (unpaired) electrons. The highest BCUT2D eigenvalue weighted by molar-refractivity contribution is 7.92. The van der Waals surface area contributed by atoms with Gasteiger partial charge in [0.2, 0.25) is 10.0 Å². The van der Waals surface area contributed by atoms with Crippen molar-refractivity contribution in [1.29, 1.82) is 0 Å². The lowest BCUT2D eigenvalue weighted by Crippen LogP contribution is -2.47. The van der Waals surface area contributed by atoms with Crippen molar-refractivity contribution in [3.05, 3.63) is 60.8 Å². The van der Waals surface area contributed by atoms with Crippen LogP contribution in [-0.2, 0) is 24.6 Å². The summed E-state index contributed by atoms with van der Waals surface area (Å²) in [6.45, 7) is 1.53. The predicted octanol–water partition coefficient (Wildman–Crippen LogP) is 2.51. The molecule has 1 saturated carbocycles. The van der Waals surface area contributed by atoms with Gasteiger partial charge < -0.3 is 19.9 Å². The molecular weight excluding hydrogens is 566 g/mol. The summed E-state index contributed by atoms with van der Waals surface area (Å²) in [5.74, 6) is 0.412. The second-order valence-corrected chi connectivity index (χ2v) is 15.4. The topological polar surface area (TPSA) is 135 Å². The molecule has 1 aromatic heterocycles. The number of hydrogen-bond donors (Lipinski definition) is 2. The van der Waals surface area contributed by atoms with Crippen LogP contribution in [-0.4, -0.2) is 87.1 Å². The Kier molecular flexibility index (Phi) is 7.81. The average molecular weight is 602 g/mol. The lowest BCUT2D eigenvalue weighted by Gasteiger charge is -2.38. The van der Waals surface area contributed by atoms with Crippen molar-refractivity contribution < 1.29 is 31.4 Å². The van der Waals surface area contributed by atoms with E-state index >= 15 is 0 Å². The van der Waals surface area contributed by atoms with Crippen LogP contribution in [0.1, 0.15) is 32.1 Å². The van der Waals surface area contributed by atoms with Crippen molar-refractivity contribution in [2.45, 2.75) is 64.9 Å². The van der Waals surface area contributed by atoms with Crippen molar-refractivity contribution in [1.82, 2.24) is 14.6 Å². The zero-order chi connectivity index (χ0) is 28.7. The molecule has 0 bridgehead atoms. The van der Waals surface area contributed by atoms with E-state index in [4.69, 9.17) is 9.47 Å². The summed E-state index contributed by atoms with van der Waals surface area (Å²) in [4.78, 5) is 4.77. The van der Waals surface area contributed by atoms with Crippen molar-refractivity contribution in [3.63, 3.8) is 0 Å². The smallest absolute Gasteiger partial charge is 0.244 e. The summed E-state index contributed by atoms with van der Waals surface area (Å²) < 4.78 is 64.9. The van der Waals surface area contributed by atoms with Gasteiger partial charge in [0.05, 0.1) is 27.9 Å². The molecule has 3 heterocycles. The average Bonchev–Trinajstić information content (AvgIpc) is 3.78. The van der Waals surface area contributed by atoms with E-state index in [2.05, 4.69) is 10.3 Å². The van der Waals surface area contributed by atoms with Gasteiger partial charge in [0.25, 0.3) is 0 Å². The van der Waals surface area contributed by atoms with Crippen LogP contribution in [0.3, 0.4) is 0 Å². The number of para-hydroxylation sites is 1. The van der Waals surface area contributed by atoms with Gasteiger partial charge in [0, 0.05) is 37.3 Å².